The summed E-state index contributed by atoms with van der Waals surface area (Å²) in [5.74, 6) is 0. The Labute approximate surface area is 158 Å². The van der Waals surface area contributed by atoms with Crippen LogP contribution in [0.4, 0.5) is 0 Å². The smallest absolute Gasteiger partial charge is 0.193 e. The highest BCUT2D eigenvalue weighted by Gasteiger charge is 2.43. The standard InChI is InChI=1S/C20H40O3Si2/c1-12-17(22-24(8,9)19(2,3)4)18(15-13-14-16-21)23-25(10,11)20(5,6)7/h12-13,15-18H,1,14H2,2-11H3/t17-,18-/m0/s1. The molecule has 0 radical (unpaired) electrons. The summed E-state index contributed by atoms with van der Waals surface area (Å²) in [6, 6.07) is 0. The van der Waals surface area contributed by atoms with Crippen LogP contribution in [0.25, 0.3) is 0 Å². The van der Waals surface area contributed by atoms with Gasteiger partial charge in [0.05, 0.1) is 12.2 Å². The number of hydrogen-bond donors (Lipinski definition) is 0. The third kappa shape index (κ3) is 7.33. The molecule has 3 nitrogen and oxygen atoms in total. The lowest BCUT2D eigenvalue weighted by atomic mass is 10.2. The Morgan fingerprint density at radius 1 is 0.880 bits per heavy atom. The summed E-state index contributed by atoms with van der Waals surface area (Å²) in [5.41, 5.74) is 0. The molecule has 2 atom stereocenters. The molecule has 0 bridgehead atoms. The average Bonchev–Trinajstić information content (AvgIpc) is 2.41. The van der Waals surface area contributed by atoms with Crippen LogP contribution in [0.3, 0.4) is 0 Å². The highest BCUT2D eigenvalue weighted by atomic mass is 28.4. The van der Waals surface area contributed by atoms with E-state index in [-0.39, 0.29) is 22.3 Å². The zero-order valence-electron chi connectivity index (χ0n) is 18.1. The fourth-order valence-electron chi connectivity index (χ4n) is 1.77. The van der Waals surface area contributed by atoms with Crippen molar-refractivity contribution in [2.24, 2.45) is 0 Å². The third-order valence-electron chi connectivity index (χ3n) is 5.59. The van der Waals surface area contributed by atoms with Crippen LogP contribution in [0.5, 0.6) is 0 Å². The Morgan fingerprint density at radius 3 is 1.60 bits per heavy atom. The maximum Gasteiger partial charge on any atom is 0.193 e. The second kappa shape index (κ2) is 8.93. The largest absolute Gasteiger partial charge is 0.408 e. The molecule has 0 spiro atoms. The lowest BCUT2D eigenvalue weighted by molar-refractivity contribution is -0.107. The first-order valence-electron chi connectivity index (χ1n) is 9.17. The van der Waals surface area contributed by atoms with Gasteiger partial charge in [-0.25, -0.2) is 0 Å². The van der Waals surface area contributed by atoms with Crippen LogP contribution < -0.4 is 0 Å². The van der Waals surface area contributed by atoms with Gasteiger partial charge >= 0.3 is 0 Å². The first-order valence-corrected chi connectivity index (χ1v) is 15.0. The van der Waals surface area contributed by atoms with Crippen LogP contribution in [-0.4, -0.2) is 35.1 Å². The van der Waals surface area contributed by atoms with Gasteiger partial charge in [0.1, 0.15) is 6.29 Å². The summed E-state index contributed by atoms with van der Waals surface area (Å²) in [4.78, 5) is 10.7. The maximum absolute atomic E-state index is 10.7. The third-order valence-corrected chi connectivity index (χ3v) is 14.5. The van der Waals surface area contributed by atoms with E-state index in [1.165, 1.54) is 0 Å². The van der Waals surface area contributed by atoms with Gasteiger partial charge in [-0.05, 0) is 36.3 Å². The zero-order chi connectivity index (χ0) is 20.1. The number of carbonyl (C=O) groups excluding carboxylic acids is 1. The first-order chi connectivity index (χ1) is 11.1. The second-order valence-electron chi connectivity index (χ2n) is 9.75. The molecule has 0 aromatic rings. The molecule has 0 heterocycles. The molecule has 25 heavy (non-hydrogen) atoms. The minimum Gasteiger partial charge on any atom is -0.408 e. The summed E-state index contributed by atoms with van der Waals surface area (Å²) in [6.07, 6.45) is 6.57. The molecule has 0 unspecified atom stereocenters. The van der Waals surface area contributed by atoms with Gasteiger partial charge in [-0.1, -0.05) is 59.8 Å². The second-order valence-corrected chi connectivity index (χ2v) is 19.3. The minimum absolute atomic E-state index is 0.104. The molecule has 5 heteroatoms. The minimum atomic E-state index is -1.98. The number of rotatable bonds is 9. The number of aldehydes is 1. The molecule has 0 saturated heterocycles. The van der Waals surface area contributed by atoms with E-state index in [2.05, 4.69) is 74.3 Å². The Bertz CT molecular complexity index is 468. The Hall–Kier alpha value is -0.496. The maximum atomic E-state index is 10.7. The fourth-order valence-corrected chi connectivity index (χ4v) is 4.28. The molecule has 0 N–H and O–H groups in total. The molecule has 0 aliphatic heterocycles. The lowest BCUT2D eigenvalue weighted by Gasteiger charge is -2.43. The van der Waals surface area contributed by atoms with Crippen molar-refractivity contribution in [1.29, 1.82) is 0 Å². The summed E-state index contributed by atoms with van der Waals surface area (Å²) in [6.45, 7) is 26.3. The highest BCUT2D eigenvalue weighted by molar-refractivity contribution is 6.74. The van der Waals surface area contributed by atoms with E-state index in [1.54, 1.807) is 0 Å². The van der Waals surface area contributed by atoms with Crippen LogP contribution in [0.2, 0.25) is 36.3 Å². The predicted molar refractivity (Wildman–Crippen MR) is 114 cm³/mol. The van der Waals surface area contributed by atoms with Gasteiger partial charge in [0.25, 0.3) is 0 Å². The van der Waals surface area contributed by atoms with E-state index in [9.17, 15) is 4.79 Å². The van der Waals surface area contributed by atoms with Gasteiger partial charge in [0, 0.05) is 6.42 Å². The molecule has 0 aromatic heterocycles. The number of allylic oxidation sites excluding steroid dienone is 1. The van der Waals surface area contributed by atoms with Gasteiger partial charge in [-0.2, -0.15) is 0 Å². The molecule has 0 saturated carbocycles. The molecule has 0 rings (SSSR count). The molecule has 0 aromatic carbocycles. The molecule has 0 amide bonds. The van der Waals surface area contributed by atoms with Gasteiger partial charge in [-0.3, -0.25) is 0 Å². The SMILES string of the molecule is C=C[C@H](O[Si](C)(C)C(C)(C)C)[C@H](C=CCC=O)O[Si](C)(C)C(C)(C)C. The average molecular weight is 385 g/mol. The fraction of sp³-hybridized carbons (Fsp3) is 0.750. The molecular weight excluding hydrogens is 344 g/mol. The highest BCUT2D eigenvalue weighted by Crippen LogP contribution is 2.40. The lowest BCUT2D eigenvalue weighted by Crippen LogP contribution is -2.50. The van der Waals surface area contributed by atoms with Crippen LogP contribution in [-0.2, 0) is 13.6 Å². The Morgan fingerprint density at radius 2 is 1.28 bits per heavy atom. The van der Waals surface area contributed by atoms with E-state index in [4.69, 9.17) is 8.85 Å². The van der Waals surface area contributed by atoms with Crippen LogP contribution in [0, 0.1) is 0 Å². The van der Waals surface area contributed by atoms with Gasteiger partial charge < -0.3 is 13.6 Å². The summed E-state index contributed by atoms with van der Waals surface area (Å²) < 4.78 is 13.2. The van der Waals surface area contributed by atoms with Gasteiger partial charge in [-0.15, -0.1) is 6.58 Å². The van der Waals surface area contributed by atoms with Crippen molar-refractivity contribution in [3.05, 3.63) is 24.8 Å². The summed E-state index contributed by atoms with van der Waals surface area (Å²) >= 11 is 0. The van der Waals surface area contributed by atoms with Crippen LogP contribution in [0.1, 0.15) is 48.0 Å². The van der Waals surface area contributed by atoms with Crippen molar-refractivity contribution < 1.29 is 13.6 Å². The van der Waals surface area contributed by atoms with Gasteiger partial charge in [0.15, 0.2) is 16.6 Å². The summed E-state index contributed by atoms with van der Waals surface area (Å²) in [7, 11) is -3.94. The van der Waals surface area contributed by atoms with Crippen molar-refractivity contribution in [1.82, 2.24) is 0 Å². The number of carbonyl (C=O) groups is 1. The Balaban J connectivity index is 5.63. The van der Waals surface area contributed by atoms with Crippen LogP contribution in [0.15, 0.2) is 24.8 Å². The van der Waals surface area contributed by atoms with Crippen molar-refractivity contribution in [2.75, 3.05) is 0 Å². The van der Waals surface area contributed by atoms with Crippen molar-refractivity contribution >= 4 is 22.9 Å². The van der Waals surface area contributed by atoms with E-state index >= 15 is 0 Å². The van der Waals surface area contributed by atoms with E-state index in [0.29, 0.717) is 6.42 Å². The molecule has 0 aliphatic rings. The monoisotopic (exact) mass is 384 g/mol. The molecule has 146 valence electrons. The van der Waals surface area contributed by atoms with E-state index in [1.807, 2.05) is 18.2 Å². The predicted octanol–water partition coefficient (Wildman–Crippen LogP) is 6.10. The van der Waals surface area contributed by atoms with E-state index in [0.717, 1.165) is 6.29 Å². The van der Waals surface area contributed by atoms with Gasteiger partial charge in [0.2, 0.25) is 0 Å². The topological polar surface area (TPSA) is 35.5 Å². The quantitative estimate of drug-likeness (QED) is 0.274. The molecular formula is C20H40O3Si2. The van der Waals surface area contributed by atoms with E-state index < -0.39 is 16.6 Å². The normalized spacial score (nSPS) is 16.7. The molecule has 0 aliphatic carbocycles. The van der Waals surface area contributed by atoms with Crippen molar-refractivity contribution in [3.63, 3.8) is 0 Å². The zero-order valence-corrected chi connectivity index (χ0v) is 20.1. The van der Waals surface area contributed by atoms with Crippen molar-refractivity contribution in [3.8, 4) is 0 Å². The summed E-state index contributed by atoms with van der Waals surface area (Å²) in [5, 5.41) is 0.217. The molecule has 0 fully saturated rings. The first kappa shape index (κ1) is 24.5. The number of hydrogen-bond acceptors (Lipinski definition) is 3. The Kier molecular flexibility index (Phi) is 8.76. The van der Waals surface area contributed by atoms with Crippen molar-refractivity contribution in [2.45, 2.75) is 96.4 Å². The van der Waals surface area contributed by atoms with Crippen LogP contribution >= 0.6 is 0 Å².